The number of aromatic nitrogens is 2. The standard InChI is InChI=1S/C19H17ClN4O2/c20-17-8-2-1-6-15(17)12-21-18(25)19(26)23-16-7-3-5-14(11-16)13-24-10-4-9-22-24/h1-11H,12-13H2,(H,21,25)(H,23,26). The Morgan fingerprint density at radius 2 is 1.88 bits per heavy atom. The first-order valence-electron chi connectivity index (χ1n) is 8.01. The first-order valence-corrected chi connectivity index (χ1v) is 8.38. The van der Waals surface area contributed by atoms with E-state index in [1.807, 2.05) is 30.5 Å². The van der Waals surface area contributed by atoms with E-state index in [9.17, 15) is 9.59 Å². The van der Waals surface area contributed by atoms with Crippen LogP contribution in [0.2, 0.25) is 5.02 Å². The van der Waals surface area contributed by atoms with Gasteiger partial charge in [-0.1, -0.05) is 41.9 Å². The molecule has 7 heteroatoms. The van der Waals surface area contributed by atoms with Crippen LogP contribution in [0.1, 0.15) is 11.1 Å². The van der Waals surface area contributed by atoms with Crippen molar-refractivity contribution in [2.75, 3.05) is 5.32 Å². The van der Waals surface area contributed by atoms with Crippen molar-refractivity contribution >= 4 is 29.1 Å². The summed E-state index contributed by atoms with van der Waals surface area (Å²) in [4.78, 5) is 24.1. The Balaban J connectivity index is 1.57. The smallest absolute Gasteiger partial charge is 0.313 e. The van der Waals surface area contributed by atoms with Crippen molar-refractivity contribution in [3.8, 4) is 0 Å². The molecule has 26 heavy (non-hydrogen) atoms. The summed E-state index contributed by atoms with van der Waals surface area (Å²) in [5, 5.41) is 9.85. The van der Waals surface area contributed by atoms with Crippen LogP contribution in [-0.2, 0) is 22.7 Å². The highest BCUT2D eigenvalue weighted by atomic mass is 35.5. The Morgan fingerprint density at radius 3 is 2.65 bits per heavy atom. The van der Waals surface area contributed by atoms with E-state index in [0.29, 0.717) is 17.3 Å². The molecule has 0 spiro atoms. The molecule has 3 rings (SSSR count). The number of anilines is 1. The third-order valence-corrected chi connectivity index (χ3v) is 4.06. The number of carbonyl (C=O) groups is 2. The monoisotopic (exact) mass is 368 g/mol. The number of halogens is 1. The summed E-state index contributed by atoms with van der Waals surface area (Å²) in [6.07, 6.45) is 3.56. The topological polar surface area (TPSA) is 76.0 Å². The van der Waals surface area contributed by atoms with Gasteiger partial charge >= 0.3 is 11.8 Å². The first-order chi connectivity index (χ1) is 12.6. The molecule has 0 unspecified atom stereocenters. The second-order valence-corrected chi connectivity index (χ2v) is 6.04. The van der Waals surface area contributed by atoms with E-state index in [1.54, 1.807) is 41.2 Å². The van der Waals surface area contributed by atoms with E-state index in [2.05, 4.69) is 15.7 Å². The molecule has 0 radical (unpaired) electrons. The summed E-state index contributed by atoms with van der Waals surface area (Å²) >= 11 is 6.03. The summed E-state index contributed by atoms with van der Waals surface area (Å²) in [7, 11) is 0. The molecule has 1 heterocycles. The molecule has 1 aromatic heterocycles. The van der Waals surface area contributed by atoms with Gasteiger partial charge in [-0.2, -0.15) is 5.10 Å². The van der Waals surface area contributed by atoms with Gasteiger partial charge in [0, 0.05) is 29.6 Å². The van der Waals surface area contributed by atoms with Crippen molar-refractivity contribution in [1.82, 2.24) is 15.1 Å². The SMILES string of the molecule is O=C(NCc1ccccc1Cl)C(=O)Nc1cccc(Cn2cccn2)c1. The fourth-order valence-corrected chi connectivity index (χ4v) is 2.62. The quantitative estimate of drug-likeness (QED) is 0.680. The molecule has 0 saturated carbocycles. The van der Waals surface area contributed by atoms with E-state index in [1.165, 1.54) is 0 Å². The number of nitrogens with zero attached hydrogens (tertiary/aromatic N) is 2. The molecule has 132 valence electrons. The normalized spacial score (nSPS) is 10.3. The minimum Gasteiger partial charge on any atom is -0.344 e. The minimum atomic E-state index is -0.728. The molecule has 2 amide bonds. The molecular formula is C19H17ClN4O2. The van der Waals surface area contributed by atoms with Crippen molar-refractivity contribution < 1.29 is 9.59 Å². The first kappa shape index (κ1) is 17.7. The summed E-state index contributed by atoms with van der Waals surface area (Å²) < 4.78 is 1.78. The van der Waals surface area contributed by atoms with Crippen LogP contribution in [0.15, 0.2) is 67.0 Å². The Bertz CT molecular complexity index is 909. The van der Waals surface area contributed by atoms with Crippen molar-refractivity contribution in [2.24, 2.45) is 0 Å². The molecule has 0 aliphatic rings. The maximum Gasteiger partial charge on any atom is 0.313 e. The molecule has 0 aliphatic carbocycles. The van der Waals surface area contributed by atoms with Gasteiger partial charge in [0.25, 0.3) is 0 Å². The summed E-state index contributed by atoms with van der Waals surface area (Å²) in [6, 6.07) is 16.3. The molecule has 0 atom stereocenters. The van der Waals surface area contributed by atoms with Crippen molar-refractivity contribution in [2.45, 2.75) is 13.1 Å². The zero-order valence-corrected chi connectivity index (χ0v) is 14.6. The lowest BCUT2D eigenvalue weighted by Crippen LogP contribution is -2.35. The van der Waals surface area contributed by atoms with Crippen LogP contribution >= 0.6 is 11.6 Å². The van der Waals surface area contributed by atoms with E-state index < -0.39 is 11.8 Å². The largest absolute Gasteiger partial charge is 0.344 e. The van der Waals surface area contributed by atoms with Crippen LogP contribution in [0.4, 0.5) is 5.69 Å². The molecule has 2 aromatic carbocycles. The third kappa shape index (κ3) is 4.70. The highest BCUT2D eigenvalue weighted by molar-refractivity contribution is 6.39. The van der Waals surface area contributed by atoms with Crippen LogP contribution in [0.5, 0.6) is 0 Å². The van der Waals surface area contributed by atoms with Gasteiger partial charge in [-0.05, 0) is 35.4 Å². The van der Waals surface area contributed by atoms with Crippen LogP contribution in [0, 0.1) is 0 Å². The summed E-state index contributed by atoms with van der Waals surface area (Å²) in [6.45, 7) is 0.765. The van der Waals surface area contributed by atoms with E-state index in [0.717, 1.165) is 11.1 Å². The molecule has 3 aromatic rings. The average Bonchev–Trinajstić information content (AvgIpc) is 3.14. The molecular weight excluding hydrogens is 352 g/mol. The van der Waals surface area contributed by atoms with Gasteiger partial charge in [0.1, 0.15) is 0 Å². The Labute approximate surface area is 155 Å². The fraction of sp³-hybridized carbons (Fsp3) is 0.105. The second-order valence-electron chi connectivity index (χ2n) is 5.63. The zero-order valence-electron chi connectivity index (χ0n) is 13.9. The predicted molar refractivity (Wildman–Crippen MR) is 99.7 cm³/mol. The van der Waals surface area contributed by atoms with Gasteiger partial charge in [-0.15, -0.1) is 0 Å². The number of hydrogen-bond acceptors (Lipinski definition) is 3. The van der Waals surface area contributed by atoms with Gasteiger partial charge in [0.05, 0.1) is 6.54 Å². The maximum absolute atomic E-state index is 12.1. The highest BCUT2D eigenvalue weighted by Gasteiger charge is 2.14. The number of benzene rings is 2. The number of hydrogen-bond donors (Lipinski definition) is 2. The molecule has 0 fully saturated rings. The number of rotatable bonds is 5. The number of amides is 2. The number of nitrogens with one attached hydrogen (secondary N) is 2. The lowest BCUT2D eigenvalue weighted by atomic mass is 10.2. The van der Waals surface area contributed by atoms with Crippen molar-refractivity contribution in [1.29, 1.82) is 0 Å². The second kappa shape index (κ2) is 8.31. The fourth-order valence-electron chi connectivity index (χ4n) is 2.41. The summed E-state index contributed by atoms with van der Waals surface area (Å²) in [5.74, 6) is -1.45. The van der Waals surface area contributed by atoms with Crippen molar-refractivity contribution in [3.05, 3.63) is 83.1 Å². The lowest BCUT2D eigenvalue weighted by Gasteiger charge is -2.09. The third-order valence-electron chi connectivity index (χ3n) is 3.69. The molecule has 0 aliphatic heterocycles. The van der Waals surface area contributed by atoms with E-state index in [4.69, 9.17) is 11.6 Å². The predicted octanol–water partition coefficient (Wildman–Crippen LogP) is 2.84. The van der Waals surface area contributed by atoms with Gasteiger partial charge in [-0.25, -0.2) is 0 Å². The average molecular weight is 369 g/mol. The van der Waals surface area contributed by atoms with Gasteiger partial charge < -0.3 is 10.6 Å². The Morgan fingerprint density at radius 1 is 1.04 bits per heavy atom. The molecule has 0 saturated heterocycles. The molecule has 2 N–H and O–H groups in total. The lowest BCUT2D eigenvalue weighted by molar-refractivity contribution is -0.136. The van der Waals surface area contributed by atoms with Crippen LogP contribution in [0.25, 0.3) is 0 Å². The van der Waals surface area contributed by atoms with Crippen LogP contribution in [0.3, 0.4) is 0 Å². The van der Waals surface area contributed by atoms with Crippen LogP contribution < -0.4 is 10.6 Å². The van der Waals surface area contributed by atoms with E-state index in [-0.39, 0.29) is 6.54 Å². The summed E-state index contributed by atoms with van der Waals surface area (Å²) in [5.41, 5.74) is 2.26. The highest BCUT2D eigenvalue weighted by Crippen LogP contribution is 2.14. The van der Waals surface area contributed by atoms with Gasteiger partial charge in [0.15, 0.2) is 0 Å². The van der Waals surface area contributed by atoms with Gasteiger partial charge in [-0.3, -0.25) is 14.3 Å². The van der Waals surface area contributed by atoms with Crippen LogP contribution in [-0.4, -0.2) is 21.6 Å². The number of carbonyl (C=O) groups excluding carboxylic acids is 2. The zero-order chi connectivity index (χ0) is 18.4. The van der Waals surface area contributed by atoms with Gasteiger partial charge in [0.2, 0.25) is 0 Å². The molecule has 6 nitrogen and oxygen atoms in total. The molecule has 0 bridgehead atoms. The van der Waals surface area contributed by atoms with E-state index >= 15 is 0 Å². The Hall–Kier alpha value is -3.12. The maximum atomic E-state index is 12.1. The minimum absolute atomic E-state index is 0.186. The van der Waals surface area contributed by atoms with Crippen molar-refractivity contribution in [3.63, 3.8) is 0 Å². The Kier molecular flexibility index (Phi) is 5.66.